The molecule has 1 unspecified atom stereocenters. The predicted octanol–water partition coefficient (Wildman–Crippen LogP) is 1.50. The number of rotatable bonds is 4. The lowest BCUT2D eigenvalue weighted by atomic mass is 9.92. The summed E-state index contributed by atoms with van der Waals surface area (Å²) < 4.78 is 26.1. The van der Waals surface area contributed by atoms with Crippen molar-refractivity contribution in [3.05, 3.63) is 35.4 Å². The SMILES string of the molecule is CNS(=O)(=O)C1CCN(C(=O)c2ccccc2C2(C)CC2)C1. The number of nitrogens with one attached hydrogen (secondary N) is 1. The molecule has 6 heteroatoms. The Bertz CT molecular complexity index is 695. The van der Waals surface area contributed by atoms with E-state index in [0.717, 1.165) is 24.0 Å². The number of likely N-dealkylation sites (tertiary alicyclic amines) is 1. The van der Waals surface area contributed by atoms with Crippen LogP contribution in [0.15, 0.2) is 24.3 Å². The summed E-state index contributed by atoms with van der Waals surface area (Å²) in [7, 11) is -1.90. The van der Waals surface area contributed by atoms with Crippen molar-refractivity contribution < 1.29 is 13.2 Å². The van der Waals surface area contributed by atoms with Crippen molar-refractivity contribution >= 4 is 15.9 Å². The second-order valence-corrected chi connectivity index (χ2v) is 8.68. The fraction of sp³-hybridized carbons (Fsp3) is 0.562. The third-order valence-electron chi connectivity index (χ3n) is 4.96. The number of hydrogen-bond donors (Lipinski definition) is 1. The minimum absolute atomic E-state index is 0.0440. The van der Waals surface area contributed by atoms with Gasteiger partial charge in [0, 0.05) is 18.7 Å². The predicted molar refractivity (Wildman–Crippen MR) is 85.3 cm³/mol. The van der Waals surface area contributed by atoms with Gasteiger partial charge in [-0.15, -0.1) is 0 Å². The van der Waals surface area contributed by atoms with Crippen LogP contribution < -0.4 is 4.72 Å². The standard InChI is InChI=1S/C16H22N2O3S/c1-16(8-9-16)14-6-4-3-5-13(14)15(19)18-10-7-12(11-18)22(20,21)17-2/h3-6,12,17H,7-11H2,1-2H3. The van der Waals surface area contributed by atoms with Gasteiger partial charge in [-0.1, -0.05) is 25.1 Å². The fourth-order valence-electron chi connectivity index (χ4n) is 3.16. The molecule has 1 aliphatic heterocycles. The number of nitrogens with zero attached hydrogens (tertiary/aromatic N) is 1. The quantitative estimate of drug-likeness (QED) is 0.913. The second-order valence-electron chi connectivity index (χ2n) is 6.52. The fourth-order valence-corrected chi connectivity index (χ4v) is 4.28. The zero-order valence-electron chi connectivity index (χ0n) is 13.0. The van der Waals surface area contributed by atoms with Gasteiger partial charge < -0.3 is 4.90 Å². The van der Waals surface area contributed by atoms with Crippen LogP contribution in [0.3, 0.4) is 0 Å². The molecule has 1 aromatic carbocycles. The number of benzene rings is 1. The summed E-state index contributed by atoms with van der Waals surface area (Å²) in [6, 6.07) is 7.73. The van der Waals surface area contributed by atoms with Gasteiger partial charge in [-0.25, -0.2) is 13.1 Å². The second kappa shape index (κ2) is 5.35. The van der Waals surface area contributed by atoms with Crippen LogP contribution in [0.5, 0.6) is 0 Å². The number of hydrogen-bond acceptors (Lipinski definition) is 3. The molecule has 1 amide bonds. The van der Waals surface area contributed by atoms with Gasteiger partial charge in [0.2, 0.25) is 10.0 Å². The highest BCUT2D eigenvalue weighted by molar-refractivity contribution is 7.90. The summed E-state index contributed by atoms with van der Waals surface area (Å²) in [5.41, 5.74) is 1.94. The molecule has 1 N–H and O–H groups in total. The third-order valence-corrected chi connectivity index (χ3v) is 6.79. The van der Waals surface area contributed by atoms with Crippen molar-refractivity contribution in [3.8, 4) is 0 Å². The molecule has 5 nitrogen and oxygen atoms in total. The van der Waals surface area contributed by atoms with E-state index in [9.17, 15) is 13.2 Å². The molecule has 2 fully saturated rings. The highest BCUT2D eigenvalue weighted by atomic mass is 32.2. The smallest absolute Gasteiger partial charge is 0.254 e. The Balaban J connectivity index is 1.82. The molecule has 2 aliphatic rings. The van der Waals surface area contributed by atoms with Crippen molar-refractivity contribution in [1.29, 1.82) is 0 Å². The van der Waals surface area contributed by atoms with Gasteiger partial charge in [-0.3, -0.25) is 4.79 Å². The normalized spacial score (nSPS) is 23.5. The first-order valence-corrected chi connectivity index (χ1v) is 9.23. The molecule has 0 spiro atoms. The van der Waals surface area contributed by atoms with E-state index in [-0.39, 0.29) is 17.9 Å². The first kappa shape index (κ1) is 15.5. The van der Waals surface area contributed by atoms with Crippen LogP contribution in [0.4, 0.5) is 0 Å². The van der Waals surface area contributed by atoms with Crippen LogP contribution >= 0.6 is 0 Å². The van der Waals surface area contributed by atoms with E-state index in [4.69, 9.17) is 0 Å². The van der Waals surface area contributed by atoms with E-state index in [1.54, 1.807) is 4.90 Å². The highest BCUT2D eigenvalue weighted by Crippen LogP contribution is 2.48. The average molecular weight is 322 g/mol. The van der Waals surface area contributed by atoms with Crippen molar-refractivity contribution in [2.24, 2.45) is 0 Å². The lowest BCUT2D eigenvalue weighted by Crippen LogP contribution is -2.36. The summed E-state index contributed by atoms with van der Waals surface area (Å²) in [5, 5.41) is -0.509. The molecule has 1 saturated carbocycles. The van der Waals surface area contributed by atoms with Crippen LogP contribution in [0.1, 0.15) is 42.1 Å². The molecule has 3 rings (SSSR count). The van der Waals surface area contributed by atoms with Gasteiger partial charge in [0.15, 0.2) is 0 Å². The van der Waals surface area contributed by atoms with Crippen molar-refractivity contribution in [2.45, 2.75) is 36.9 Å². The van der Waals surface area contributed by atoms with Crippen LogP contribution in [0.25, 0.3) is 0 Å². The van der Waals surface area contributed by atoms with E-state index in [1.807, 2.05) is 24.3 Å². The Hall–Kier alpha value is -1.40. The molecule has 22 heavy (non-hydrogen) atoms. The zero-order valence-corrected chi connectivity index (χ0v) is 13.8. The van der Waals surface area contributed by atoms with Gasteiger partial charge >= 0.3 is 0 Å². The van der Waals surface area contributed by atoms with E-state index in [1.165, 1.54) is 7.05 Å². The number of sulfonamides is 1. The van der Waals surface area contributed by atoms with Gasteiger partial charge in [-0.2, -0.15) is 0 Å². The largest absolute Gasteiger partial charge is 0.337 e. The Morgan fingerprint density at radius 1 is 1.32 bits per heavy atom. The summed E-state index contributed by atoms with van der Waals surface area (Å²) in [4.78, 5) is 14.5. The van der Waals surface area contributed by atoms with E-state index < -0.39 is 15.3 Å². The maximum Gasteiger partial charge on any atom is 0.254 e. The Labute approximate surface area is 131 Å². The van der Waals surface area contributed by atoms with Crippen LogP contribution in [-0.2, 0) is 15.4 Å². The topological polar surface area (TPSA) is 66.5 Å². The van der Waals surface area contributed by atoms with Gasteiger partial charge in [-0.05, 0) is 43.4 Å². The monoisotopic (exact) mass is 322 g/mol. The molecule has 1 saturated heterocycles. The Kier molecular flexibility index (Phi) is 3.77. The summed E-state index contributed by atoms with van der Waals surface area (Å²) in [5.74, 6) is -0.0440. The lowest BCUT2D eigenvalue weighted by molar-refractivity contribution is 0.0791. The number of carbonyl (C=O) groups excluding carboxylic acids is 1. The van der Waals surface area contributed by atoms with Gasteiger partial charge in [0.1, 0.15) is 0 Å². The lowest BCUT2D eigenvalue weighted by Gasteiger charge is -2.20. The number of carbonyl (C=O) groups is 1. The molecule has 120 valence electrons. The molecular weight excluding hydrogens is 300 g/mol. The van der Waals surface area contributed by atoms with Gasteiger partial charge in [0.25, 0.3) is 5.91 Å². The first-order chi connectivity index (χ1) is 10.4. The molecular formula is C16H22N2O3S. The molecule has 0 bridgehead atoms. The number of amides is 1. The van der Waals surface area contributed by atoms with E-state index in [2.05, 4.69) is 11.6 Å². The summed E-state index contributed by atoms with van der Waals surface area (Å²) in [6.45, 7) is 2.94. The molecule has 1 atom stereocenters. The average Bonchev–Trinajstić information content (AvgIpc) is 3.07. The maximum absolute atomic E-state index is 12.8. The Morgan fingerprint density at radius 3 is 2.64 bits per heavy atom. The first-order valence-electron chi connectivity index (χ1n) is 7.68. The molecule has 1 heterocycles. The van der Waals surface area contributed by atoms with Crippen molar-refractivity contribution in [2.75, 3.05) is 20.1 Å². The maximum atomic E-state index is 12.8. The highest BCUT2D eigenvalue weighted by Gasteiger charge is 2.42. The third kappa shape index (κ3) is 2.65. The van der Waals surface area contributed by atoms with Gasteiger partial charge in [0.05, 0.1) is 5.25 Å². The van der Waals surface area contributed by atoms with Crippen molar-refractivity contribution in [3.63, 3.8) is 0 Å². The molecule has 1 aromatic rings. The van der Waals surface area contributed by atoms with Crippen LogP contribution in [-0.4, -0.2) is 44.6 Å². The molecule has 1 aliphatic carbocycles. The van der Waals surface area contributed by atoms with Crippen LogP contribution in [0.2, 0.25) is 0 Å². The van der Waals surface area contributed by atoms with Crippen LogP contribution in [0, 0.1) is 0 Å². The zero-order chi connectivity index (χ0) is 16.0. The molecule has 0 radical (unpaired) electrons. The summed E-state index contributed by atoms with van der Waals surface area (Å²) >= 11 is 0. The Morgan fingerprint density at radius 2 is 2.00 bits per heavy atom. The van der Waals surface area contributed by atoms with E-state index >= 15 is 0 Å². The van der Waals surface area contributed by atoms with E-state index in [0.29, 0.717) is 13.0 Å². The minimum Gasteiger partial charge on any atom is -0.337 e. The molecule has 0 aromatic heterocycles. The summed E-state index contributed by atoms with van der Waals surface area (Å²) in [6.07, 6.45) is 2.70. The minimum atomic E-state index is -3.32. The van der Waals surface area contributed by atoms with Crippen molar-refractivity contribution in [1.82, 2.24) is 9.62 Å².